The third-order valence-electron chi connectivity index (χ3n) is 4.97. The van der Waals surface area contributed by atoms with Gasteiger partial charge in [0.15, 0.2) is 5.65 Å². The third kappa shape index (κ3) is 4.26. The summed E-state index contributed by atoms with van der Waals surface area (Å²) in [5.74, 6) is -0.341. The van der Waals surface area contributed by atoms with E-state index in [0.29, 0.717) is 33.7 Å². The highest BCUT2D eigenvalue weighted by Crippen LogP contribution is 2.31. The average molecular weight is 473 g/mol. The molecule has 32 heavy (non-hydrogen) atoms. The maximum absolute atomic E-state index is 14.1. The summed E-state index contributed by atoms with van der Waals surface area (Å²) < 4.78 is 21.3. The van der Waals surface area contributed by atoms with Crippen LogP contribution in [0, 0.1) is 5.95 Å². The SMILES string of the molecule is CCOc1ccc(-c2nc3c(Cl)cc(Cl)cn3c2CC(=O)N(C)c2cccnc2F)cc1. The first-order valence-corrected chi connectivity index (χ1v) is 10.6. The number of halogens is 3. The Labute approximate surface area is 194 Å². The smallest absolute Gasteiger partial charge is 0.236 e. The number of carbonyl (C=O) groups is 1. The molecular weight excluding hydrogens is 454 g/mol. The van der Waals surface area contributed by atoms with Crippen molar-refractivity contribution >= 4 is 40.4 Å². The van der Waals surface area contributed by atoms with Crippen LogP contribution in [0.1, 0.15) is 12.6 Å². The second kappa shape index (κ2) is 9.14. The number of nitrogens with zero attached hydrogens (tertiary/aromatic N) is 4. The summed E-state index contributed by atoms with van der Waals surface area (Å²) in [6.07, 6.45) is 2.92. The fourth-order valence-corrected chi connectivity index (χ4v) is 3.93. The van der Waals surface area contributed by atoms with E-state index in [1.54, 1.807) is 22.7 Å². The van der Waals surface area contributed by atoms with Gasteiger partial charge in [-0.05, 0) is 49.4 Å². The lowest BCUT2D eigenvalue weighted by Crippen LogP contribution is -2.29. The summed E-state index contributed by atoms with van der Waals surface area (Å²) in [6, 6.07) is 12.1. The highest BCUT2D eigenvalue weighted by Gasteiger charge is 2.23. The van der Waals surface area contributed by atoms with Crippen LogP contribution in [-0.2, 0) is 11.2 Å². The maximum Gasteiger partial charge on any atom is 0.236 e. The van der Waals surface area contributed by atoms with Gasteiger partial charge in [0.05, 0.1) is 40.1 Å². The zero-order chi connectivity index (χ0) is 22.8. The molecule has 0 fully saturated rings. The van der Waals surface area contributed by atoms with Gasteiger partial charge in [-0.1, -0.05) is 23.2 Å². The van der Waals surface area contributed by atoms with Crippen LogP contribution in [0.3, 0.4) is 0 Å². The molecule has 0 radical (unpaired) electrons. The molecule has 3 aromatic heterocycles. The maximum atomic E-state index is 14.1. The fourth-order valence-electron chi connectivity index (χ4n) is 3.42. The number of carbonyl (C=O) groups excluding carboxylic acids is 1. The first-order chi connectivity index (χ1) is 15.4. The van der Waals surface area contributed by atoms with Crippen molar-refractivity contribution < 1.29 is 13.9 Å². The Bertz CT molecular complexity index is 1290. The van der Waals surface area contributed by atoms with Crippen molar-refractivity contribution in [3.63, 3.8) is 0 Å². The Morgan fingerprint density at radius 2 is 1.97 bits per heavy atom. The van der Waals surface area contributed by atoms with Crippen LogP contribution in [0.5, 0.6) is 5.75 Å². The Morgan fingerprint density at radius 3 is 2.66 bits per heavy atom. The van der Waals surface area contributed by atoms with E-state index in [-0.39, 0.29) is 18.0 Å². The van der Waals surface area contributed by atoms with Crippen molar-refractivity contribution in [1.29, 1.82) is 0 Å². The van der Waals surface area contributed by atoms with Gasteiger partial charge in [0.2, 0.25) is 11.9 Å². The summed E-state index contributed by atoms with van der Waals surface area (Å²) >= 11 is 12.6. The molecule has 4 rings (SSSR count). The van der Waals surface area contributed by atoms with E-state index >= 15 is 0 Å². The van der Waals surface area contributed by atoms with Crippen molar-refractivity contribution in [3.8, 4) is 17.0 Å². The largest absolute Gasteiger partial charge is 0.494 e. The molecule has 0 bridgehead atoms. The van der Waals surface area contributed by atoms with Gasteiger partial charge in [-0.15, -0.1) is 0 Å². The van der Waals surface area contributed by atoms with Crippen molar-refractivity contribution in [1.82, 2.24) is 14.4 Å². The van der Waals surface area contributed by atoms with E-state index in [0.717, 1.165) is 11.3 Å². The number of aromatic nitrogens is 3. The van der Waals surface area contributed by atoms with Crippen LogP contribution in [-0.4, -0.2) is 33.9 Å². The number of pyridine rings is 2. The quantitative estimate of drug-likeness (QED) is 0.350. The molecule has 0 spiro atoms. The number of rotatable bonds is 6. The molecule has 3 heterocycles. The molecule has 0 unspecified atom stereocenters. The van der Waals surface area contributed by atoms with Gasteiger partial charge in [-0.2, -0.15) is 4.39 Å². The molecule has 0 saturated heterocycles. The Hall–Kier alpha value is -3.16. The van der Waals surface area contributed by atoms with E-state index < -0.39 is 5.95 Å². The minimum Gasteiger partial charge on any atom is -0.494 e. The third-order valence-corrected chi connectivity index (χ3v) is 5.46. The minimum absolute atomic E-state index is 0.0643. The number of benzene rings is 1. The molecule has 1 amide bonds. The fraction of sp³-hybridized carbons (Fsp3) is 0.174. The number of likely N-dealkylation sites (N-methyl/N-ethyl adjacent to an activating group) is 1. The monoisotopic (exact) mass is 472 g/mol. The number of hydrogen-bond acceptors (Lipinski definition) is 4. The lowest BCUT2D eigenvalue weighted by atomic mass is 10.1. The van der Waals surface area contributed by atoms with Crippen molar-refractivity contribution in [2.24, 2.45) is 0 Å². The number of anilines is 1. The molecule has 0 saturated carbocycles. The van der Waals surface area contributed by atoms with E-state index in [1.807, 2.05) is 31.2 Å². The molecule has 6 nitrogen and oxygen atoms in total. The second-order valence-electron chi connectivity index (χ2n) is 7.01. The normalized spacial score (nSPS) is 11.0. The highest BCUT2D eigenvalue weighted by atomic mass is 35.5. The van der Waals surface area contributed by atoms with Crippen molar-refractivity contribution in [3.05, 3.63) is 76.5 Å². The van der Waals surface area contributed by atoms with E-state index in [9.17, 15) is 9.18 Å². The molecule has 0 aliphatic rings. The Kier molecular flexibility index (Phi) is 6.30. The summed E-state index contributed by atoms with van der Waals surface area (Å²) in [6.45, 7) is 2.46. The zero-order valence-electron chi connectivity index (χ0n) is 17.3. The van der Waals surface area contributed by atoms with Gasteiger partial charge in [0, 0.05) is 25.0 Å². The summed E-state index contributed by atoms with van der Waals surface area (Å²) in [4.78, 5) is 22.6. The lowest BCUT2D eigenvalue weighted by molar-refractivity contribution is -0.117. The number of ether oxygens (including phenoxy) is 1. The predicted octanol–water partition coefficient (Wildman–Crippen LogP) is 5.45. The van der Waals surface area contributed by atoms with Crippen LogP contribution in [0.15, 0.2) is 54.9 Å². The van der Waals surface area contributed by atoms with E-state index in [2.05, 4.69) is 9.97 Å². The molecule has 0 N–H and O–H groups in total. The van der Waals surface area contributed by atoms with Gasteiger partial charge < -0.3 is 14.0 Å². The van der Waals surface area contributed by atoms with Crippen LogP contribution in [0.25, 0.3) is 16.9 Å². The molecular formula is C23H19Cl2FN4O2. The summed E-state index contributed by atoms with van der Waals surface area (Å²) in [5.41, 5.74) is 2.49. The molecule has 4 aromatic rings. The van der Waals surface area contributed by atoms with Crippen LogP contribution < -0.4 is 9.64 Å². The molecule has 1 aromatic carbocycles. The average Bonchev–Trinajstić information content (AvgIpc) is 3.13. The summed E-state index contributed by atoms with van der Waals surface area (Å²) in [5, 5.41) is 0.758. The van der Waals surface area contributed by atoms with Crippen molar-refractivity contribution in [2.45, 2.75) is 13.3 Å². The van der Waals surface area contributed by atoms with Gasteiger partial charge in [0.25, 0.3) is 0 Å². The first-order valence-electron chi connectivity index (χ1n) is 9.85. The zero-order valence-corrected chi connectivity index (χ0v) is 18.9. The van der Waals surface area contributed by atoms with Gasteiger partial charge >= 0.3 is 0 Å². The second-order valence-corrected chi connectivity index (χ2v) is 7.85. The lowest BCUT2D eigenvalue weighted by Gasteiger charge is -2.17. The Balaban J connectivity index is 1.79. The van der Waals surface area contributed by atoms with Gasteiger partial charge in [-0.25, -0.2) is 9.97 Å². The summed E-state index contributed by atoms with van der Waals surface area (Å²) in [7, 11) is 1.50. The molecule has 9 heteroatoms. The molecule has 0 aliphatic heterocycles. The van der Waals surface area contributed by atoms with Crippen molar-refractivity contribution in [2.75, 3.05) is 18.6 Å². The first kappa shape index (κ1) is 22.0. The Morgan fingerprint density at radius 1 is 1.22 bits per heavy atom. The topological polar surface area (TPSA) is 59.7 Å². The predicted molar refractivity (Wildman–Crippen MR) is 123 cm³/mol. The minimum atomic E-state index is -0.723. The number of hydrogen-bond donors (Lipinski definition) is 0. The van der Waals surface area contributed by atoms with Crippen LogP contribution in [0.2, 0.25) is 10.0 Å². The number of amides is 1. The molecule has 0 aliphatic carbocycles. The molecule has 164 valence electrons. The molecule has 0 atom stereocenters. The van der Waals surface area contributed by atoms with Crippen LogP contribution >= 0.6 is 23.2 Å². The van der Waals surface area contributed by atoms with Gasteiger partial charge in [0.1, 0.15) is 5.75 Å². The number of imidazole rings is 1. The van der Waals surface area contributed by atoms with E-state index in [1.165, 1.54) is 24.2 Å². The van der Waals surface area contributed by atoms with Crippen LogP contribution in [0.4, 0.5) is 10.1 Å². The number of fused-ring (bicyclic) bond motifs is 1. The standard InChI is InChI=1S/C23H19Cl2FN4O2/c1-3-32-16-8-6-14(7-9-16)21-19(30-13-15(24)11-17(25)23(30)28-21)12-20(31)29(2)18-5-4-10-27-22(18)26/h4-11,13H,3,12H2,1-2H3. The van der Waals surface area contributed by atoms with Gasteiger partial charge in [-0.3, -0.25) is 4.79 Å². The van der Waals surface area contributed by atoms with E-state index in [4.69, 9.17) is 27.9 Å². The highest BCUT2D eigenvalue weighted by molar-refractivity contribution is 6.36.